The van der Waals surface area contributed by atoms with Crippen molar-refractivity contribution in [1.82, 2.24) is 9.88 Å². The number of piperidine rings is 1. The first-order valence-electron chi connectivity index (χ1n) is 6.26. The van der Waals surface area contributed by atoms with E-state index in [0.29, 0.717) is 6.04 Å². The summed E-state index contributed by atoms with van der Waals surface area (Å²) in [5.74, 6) is 0. The van der Waals surface area contributed by atoms with Crippen molar-refractivity contribution in [1.29, 1.82) is 0 Å². The number of nitrogens with one attached hydrogen (secondary N) is 1. The van der Waals surface area contributed by atoms with Gasteiger partial charge >= 0.3 is 0 Å². The van der Waals surface area contributed by atoms with Gasteiger partial charge in [0, 0.05) is 34.1 Å². The Morgan fingerprint density at radius 1 is 1.12 bits per heavy atom. The Kier molecular flexibility index (Phi) is 2.52. The van der Waals surface area contributed by atoms with Crippen LogP contribution in [0.15, 0.2) is 24.3 Å². The van der Waals surface area contributed by atoms with Crippen molar-refractivity contribution < 1.29 is 0 Å². The molecule has 0 radical (unpaired) electrons. The van der Waals surface area contributed by atoms with Gasteiger partial charge in [-0.25, -0.2) is 0 Å². The van der Waals surface area contributed by atoms with Gasteiger partial charge in [-0.1, -0.05) is 37.4 Å². The van der Waals surface area contributed by atoms with Crippen LogP contribution in [-0.2, 0) is 0 Å². The van der Waals surface area contributed by atoms with E-state index < -0.39 is 0 Å². The molecule has 2 heterocycles. The molecule has 1 aromatic heterocycles. The van der Waals surface area contributed by atoms with Crippen molar-refractivity contribution in [3.8, 4) is 0 Å². The van der Waals surface area contributed by atoms with Crippen molar-refractivity contribution in [2.45, 2.75) is 18.9 Å². The third-order valence-corrected chi connectivity index (χ3v) is 3.77. The van der Waals surface area contributed by atoms with E-state index in [4.69, 9.17) is 0 Å². The normalized spacial score (nSPS) is 20.8. The number of hydrogen-bond donors (Lipinski definition) is 1. The SMILES string of the molecule is C=c1c2ccccc2c(=C)n1C1CCCNC1. The van der Waals surface area contributed by atoms with Gasteiger partial charge in [-0.2, -0.15) is 0 Å². The van der Waals surface area contributed by atoms with Crippen molar-refractivity contribution in [2.75, 3.05) is 13.1 Å². The first kappa shape index (κ1) is 10.6. The average Bonchev–Trinajstić information content (AvgIpc) is 2.64. The fourth-order valence-electron chi connectivity index (χ4n) is 2.90. The highest BCUT2D eigenvalue weighted by Gasteiger charge is 2.17. The summed E-state index contributed by atoms with van der Waals surface area (Å²) >= 11 is 0. The summed E-state index contributed by atoms with van der Waals surface area (Å²) in [6.07, 6.45) is 2.46. The van der Waals surface area contributed by atoms with Crippen LogP contribution in [0.2, 0.25) is 0 Å². The average molecular weight is 226 g/mol. The van der Waals surface area contributed by atoms with Gasteiger partial charge in [0.2, 0.25) is 0 Å². The molecule has 3 rings (SSSR count). The minimum atomic E-state index is 0.510. The van der Waals surface area contributed by atoms with Crippen LogP contribution in [0.3, 0.4) is 0 Å². The molecule has 1 N–H and O–H groups in total. The van der Waals surface area contributed by atoms with E-state index in [9.17, 15) is 0 Å². The van der Waals surface area contributed by atoms with Gasteiger partial charge in [0.25, 0.3) is 0 Å². The predicted octanol–water partition coefficient (Wildman–Crippen LogP) is 1.39. The van der Waals surface area contributed by atoms with Crippen molar-refractivity contribution in [3.63, 3.8) is 0 Å². The second-order valence-electron chi connectivity index (χ2n) is 4.81. The van der Waals surface area contributed by atoms with E-state index in [2.05, 4.69) is 47.3 Å². The summed E-state index contributed by atoms with van der Waals surface area (Å²) in [5, 5.41) is 8.15. The maximum absolute atomic E-state index is 4.24. The first-order valence-corrected chi connectivity index (χ1v) is 6.26. The minimum absolute atomic E-state index is 0.510. The van der Waals surface area contributed by atoms with Crippen molar-refractivity contribution in [3.05, 3.63) is 35.0 Å². The zero-order valence-corrected chi connectivity index (χ0v) is 10.1. The third-order valence-electron chi connectivity index (χ3n) is 3.77. The van der Waals surface area contributed by atoms with Crippen LogP contribution in [-0.4, -0.2) is 17.7 Å². The lowest BCUT2D eigenvalue weighted by atomic mass is 10.1. The van der Waals surface area contributed by atoms with E-state index in [1.54, 1.807) is 0 Å². The van der Waals surface area contributed by atoms with Gasteiger partial charge in [0.1, 0.15) is 0 Å². The number of fused-ring (bicyclic) bond motifs is 1. The van der Waals surface area contributed by atoms with E-state index in [1.807, 2.05) is 0 Å². The van der Waals surface area contributed by atoms with Gasteiger partial charge in [-0.3, -0.25) is 0 Å². The number of benzene rings is 1. The molecular weight excluding hydrogens is 208 g/mol. The zero-order chi connectivity index (χ0) is 11.8. The van der Waals surface area contributed by atoms with Crippen LogP contribution in [0.25, 0.3) is 23.9 Å². The summed E-state index contributed by atoms with van der Waals surface area (Å²) in [6.45, 7) is 10.6. The lowest BCUT2D eigenvalue weighted by Gasteiger charge is -2.25. The molecule has 0 amide bonds. The highest BCUT2D eigenvalue weighted by atomic mass is 15.1. The Morgan fingerprint density at radius 3 is 2.29 bits per heavy atom. The molecule has 1 aromatic carbocycles. The molecule has 1 fully saturated rings. The van der Waals surface area contributed by atoms with Crippen LogP contribution < -0.4 is 16.0 Å². The van der Waals surface area contributed by atoms with Crippen LogP contribution in [0, 0.1) is 0 Å². The number of aromatic nitrogens is 1. The van der Waals surface area contributed by atoms with Crippen LogP contribution in [0.4, 0.5) is 0 Å². The molecule has 1 atom stereocenters. The van der Waals surface area contributed by atoms with Crippen molar-refractivity contribution in [2.24, 2.45) is 0 Å². The molecule has 2 aromatic rings. The summed E-state index contributed by atoms with van der Waals surface area (Å²) in [4.78, 5) is 0. The Labute approximate surface area is 101 Å². The van der Waals surface area contributed by atoms with E-state index in [0.717, 1.165) is 23.8 Å². The molecule has 1 saturated heterocycles. The second kappa shape index (κ2) is 4.04. The Balaban J connectivity index is 2.22. The summed E-state index contributed by atoms with van der Waals surface area (Å²) in [6, 6.07) is 8.93. The number of nitrogens with zero attached hydrogens (tertiary/aromatic N) is 1. The molecule has 1 aliphatic rings. The lowest BCUT2D eigenvalue weighted by molar-refractivity contribution is 0.364. The molecule has 0 saturated carbocycles. The summed E-state index contributed by atoms with van der Waals surface area (Å²) in [5.41, 5.74) is 0. The fraction of sp³-hybridized carbons (Fsp3) is 0.333. The lowest BCUT2D eigenvalue weighted by Crippen LogP contribution is -2.39. The van der Waals surface area contributed by atoms with Gasteiger partial charge in [-0.15, -0.1) is 0 Å². The van der Waals surface area contributed by atoms with Gasteiger partial charge < -0.3 is 9.88 Å². The molecule has 0 aliphatic carbocycles. The van der Waals surface area contributed by atoms with Gasteiger partial charge in [0.15, 0.2) is 0 Å². The highest BCUT2D eigenvalue weighted by molar-refractivity contribution is 5.83. The number of rotatable bonds is 1. The summed E-state index contributed by atoms with van der Waals surface area (Å²) in [7, 11) is 0. The number of hydrogen-bond acceptors (Lipinski definition) is 1. The van der Waals surface area contributed by atoms with Crippen LogP contribution >= 0.6 is 0 Å². The molecule has 1 aliphatic heterocycles. The minimum Gasteiger partial charge on any atom is -0.337 e. The van der Waals surface area contributed by atoms with E-state index in [-0.39, 0.29) is 0 Å². The standard InChI is InChI=1S/C15H18N2/c1-11-14-7-3-4-8-15(14)12(2)17(11)13-6-5-9-16-10-13/h3-4,7-8,13,16H,1-2,5-6,9-10H2. The molecule has 2 heteroatoms. The largest absolute Gasteiger partial charge is 0.337 e. The van der Waals surface area contributed by atoms with Crippen LogP contribution in [0.5, 0.6) is 0 Å². The maximum Gasteiger partial charge on any atom is 0.0467 e. The molecule has 0 spiro atoms. The fourth-order valence-corrected chi connectivity index (χ4v) is 2.90. The third kappa shape index (κ3) is 1.60. The molecule has 0 bridgehead atoms. The maximum atomic E-state index is 4.24. The monoisotopic (exact) mass is 226 g/mol. The molecule has 1 unspecified atom stereocenters. The predicted molar refractivity (Wildman–Crippen MR) is 73.4 cm³/mol. The van der Waals surface area contributed by atoms with E-state index >= 15 is 0 Å². The topological polar surface area (TPSA) is 17.0 Å². The van der Waals surface area contributed by atoms with Gasteiger partial charge in [-0.05, 0) is 19.4 Å². The second-order valence-corrected chi connectivity index (χ2v) is 4.81. The van der Waals surface area contributed by atoms with Crippen molar-refractivity contribution >= 4 is 23.9 Å². The highest BCUT2D eigenvalue weighted by Crippen LogP contribution is 2.15. The first-order chi connectivity index (χ1) is 8.29. The Morgan fingerprint density at radius 2 is 1.76 bits per heavy atom. The van der Waals surface area contributed by atoms with E-state index in [1.165, 1.54) is 23.6 Å². The molecular formula is C15H18N2. The summed E-state index contributed by atoms with van der Waals surface area (Å²) < 4.78 is 2.32. The Bertz CT molecular complexity index is 586. The van der Waals surface area contributed by atoms with Gasteiger partial charge in [0.05, 0.1) is 0 Å². The van der Waals surface area contributed by atoms with Crippen LogP contribution in [0.1, 0.15) is 18.9 Å². The smallest absolute Gasteiger partial charge is 0.0467 e. The quantitative estimate of drug-likeness (QED) is 0.777. The Hall–Kier alpha value is -1.54. The molecule has 17 heavy (non-hydrogen) atoms. The molecule has 88 valence electrons. The zero-order valence-electron chi connectivity index (χ0n) is 10.1. The molecule has 2 nitrogen and oxygen atoms in total.